The van der Waals surface area contributed by atoms with E-state index in [4.69, 9.17) is 5.10 Å². The molecule has 1 saturated heterocycles. The number of para-hydroxylation sites is 1. The number of amides is 1. The maximum absolute atomic E-state index is 11.6. The van der Waals surface area contributed by atoms with Crippen molar-refractivity contribution in [1.29, 1.82) is 0 Å². The number of carbonyl (C=O) groups excluding carboxylic acids is 1. The van der Waals surface area contributed by atoms with Gasteiger partial charge in [0, 0.05) is 37.8 Å². The van der Waals surface area contributed by atoms with E-state index >= 15 is 0 Å². The highest BCUT2D eigenvalue weighted by molar-refractivity contribution is 7.98. The van der Waals surface area contributed by atoms with Gasteiger partial charge in [-0.1, -0.05) is 18.2 Å². The fourth-order valence-electron chi connectivity index (χ4n) is 4.23. The van der Waals surface area contributed by atoms with Gasteiger partial charge < -0.3 is 15.1 Å². The van der Waals surface area contributed by atoms with E-state index in [1.54, 1.807) is 11.8 Å². The SMILES string of the molecule is CSc1nn(-c2ccccc2)c2cc(N(C)CCN(C=O)CC3CCCNC3)ccc12. The number of hydrogen-bond donors (Lipinski definition) is 1. The molecule has 1 aliphatic rings. The van der Waals surface area contributed by atoms with Crippen molar-refractivity contribution in [3.05, 3.63) is 48.5 Å². The number of nitrogens with one attached hydrogen (secondary N) is 1. The molecule has 0 spiro atoms. The second-order valence-corrected chi connectivity index (χ2v) is 8.99. The summed E-state index contributed by atoms with van der Waals surface area (Å²) in [6, 6.07) is 16.8. The first-order valence-corrected chi connectivity index (χ1v) is 12.2. The number of rotatable bonds is 9. The van der Waals surface area contributed by atoms with E-state index in [-0.39, 0.29) is 0 Å². The minimum Gasteiger partial charge on any atom is -0.373 e. The summed E-state index contributed by atoms with van der Waals surface area (Å²) in [6.45, 7) is 4.46. The maximum atomic E-state index is 11.6. The fourth-order valence-corrected chi connectivity index (χ4v) is 4.79. The molecular formula is C24H31N5OS. The van der Waals surface area contributed by atoms with Crippen molar-refractivity contribution in [1.82, 2.24) is 20.0 Å². The Bertz CT molecular complexity index is 1000. The van der Waals surface area contributed by atoms with Crippen LogP contribution in [0.2, 0.25) is 0 Å². The summed E-state index contributed by atoms with van der Waals surface area (Å²) >= 11 is 1.67. The van der Waals surface area contributed by atoms with Crippen molar-refractivity contribution in [2.75, 3.05) is 50.9 Å². The van der Waals surface area contributed by atoms with Crippen LogP contribution in [0.3, 0.4) is 0 Å². The first-order valence-electron chi connectivity index (χ1n) is 10.9. The molecule has 164 valence electrons. The van der Waals surface area contributed by atoms with Crippen LogP contribution < -0.4 is 10.2 Å². The van der Waals surface area contributed by atoms with Crippen LogP contribution in [0.15, 0.2) is 53.6 Å². The summed E-state index contributed by atoms with van der Waals surface area (Å²) in [4.78, 5) is 15.8. The molecule has 0 radical (unpaired) electrons. The van der Waals surface area contributed by atoms with Gasteiger partial charge in [-0.3, -0.25) is 4.79 Å². The Kier molecular flexibility index (Phi) is 7.14. The molecule has 0 aliphatic carbocycles. The summed E-state index contributed by atoms with van der Waals surface area (Å²) in [5.74, 6) is 0.561. The predicted molar refractivity (Wildman–Crippen MR) is 129 cm³/mol. The number of benzene rings is 2. The number of nitrogens with zero attached hydrogens (tertiary/aromatic N) is 4. The van der Waals surface area contributed by atoms with Crippen LogP contribution in [-0.4, -0.2) is 67.1 Å². The van der Waals surface area contributed by atoms with Crippen molar-refractivity contribution in [2.45, 2.75) is 17.9 Å². The lowest BCUT2D eigenvalue weighted by molar-refractivity contribution is -0.118. The van der Waals surface area contributed by atoms with E-state index in [0.29, 0.717) is 5.92 Å². The molecular weight excluding hydrogens is 406 g/mol. The Hall–Kier alpha value is -2.51. The first-order chi connectivity index (χ1) is 15.2. The third-order valence-electron chi connectivity index (χ3n) is 6.03. The molecule has 6 nitrogen and oxygen atoms in total. The summed E-state index contributed by atoms with van der Waals surface area (Å²) in [5.41, 5.74) is 3.28. The number of anilines is 1. The van der Waals surface area contributed by atoms with E-state index in [0.717, 1.165) is 66.4 Å². The summed E-state index contributed by atoms with van der Waals surface area (Å²) in [7, 11) is 2.09. The molecule has 2 aromatic carbocycles. The van der Waals surface area contributed by atoms with Crippen LogP contribution in [0.25, 0.3) is 16.6 Å². The second-order valence-electron chi connectivity index (χ2n) is 8.19. The van der Waals surface area contributed by atoms with Crippen molar-refractivity contribution >= 4 is 34.8 Å². The molecule has 1 aliphatic heterocycles. The van der Waals surface area contributed by atoms with Crippen LogP contribution >= 0.6 is 11.8 Å². The van der Waals surface area contributed by atoms with Gasteiger partial charge in [-0.25, -0.2) is 4.68 Å². The molecule has 0 bridgehead atoms. The molecule has 1 amide bonds. The molecule has 31 heavy (non-hydrogen) atoms. The highest BCUT2D eigenvalue weighted by Gasteiger charge is 2.17. The number of likely N-dealkylation sites (N-methyl/N-ethyl adjacent to an activating group) is 1. The minimum absolute atomic E-state index is 0.561. The Morgan fingerprint density at radius 2 is 2.06 bits per heavy atom. The van der Waals surface area contributed by atoms with E-state index < -0.39 is 0 Å². The van der Waals surface area contributed by atoms with Gasteiger partial charge in [-0.15, -0.1) is 11.8 Å². The lowest BCUT2D eigenvalue weighted by Crippen LogP contribution is -2.40. The highest BCUT2D eigenvalue weighted by Crippen LogP contribution is 2.30. The Balaban J connectivity index is 1.50. The van der Waals surface area contributed by atoms with Gasteiger partial charge in [0.15, 0.2) is 0 Å². The fraction of sp³-hybridized carbons (Fsp3) is 0.417. The molecule has 4 rings (SSSR count). The zero-order valence-electron chi connectivity index (χ0n) is 18.3. The summed E-state index contributed by atoms with van der Waals surface area (Å²) < 4.78 is 2.02. The van der Waals surface area contributed by atoms with Crippen molar-refractivity contribution < 1.29 is 4.79 Å². The molecule has 2 heterocycles. The quantitative estimate of drug-likeness (QED) is 0.409. The summed E-state index contributed by atoms with van der Waals surface area (Å²) in [6.07, 6.45) is 5.46. The molecule has 7 heteroatoms. The predicted octanol–water partition coefficient (Wildman–Crippen LogP) is 3.64. The van der Waals surface area contributed by atoms with Gasteiger partial charge in [0.2, 0.25) is 6.41 Å². The number of carbonyl (C=O) groups is 1. The van der Waals surface area contributed by atoms with Gasteiger partial charge in [-0.05, 0) is 68.4 Å². The van der Waals surface area contributed by atoms with Crippen LogP contribution in [0.5, 0.6) is 0 Å². The summed E-state index contributed by atoms with van der Waals surface area (Å²) in [5, 5.41) is 10.5. The molecule has 0 saturated carbocycles. The largest absolute Gasteiger partial charge is 0.373 e. The minimum atomic E-state index is 0.561. The number of aromatic nitrogens is 2. The normalized spacial score (nSPS) is 16.4. The van der Waals surface area contributed by atoms with E-state index in [9.17, 15) is 4.79 Å². The molecule has 1 atom stereocenters. The number of piperidine rings is 1. The van der Waals surface area contributed by atoms with Gasteiger partial charge in [0.1, 0.15) is 5.03 Å². The zero-order valence-corrected chi connectivity index (χ0v) is 19.1. The average molecular weight is 438 g/mol. The van der Waals surface area contributed by atoms with Crippen molar-refractivity contribution in [2.24, 2.45) is 5.92 Å². The van der Waals surface area contributed by atoms with Crippen molar-refractivity contribution in [3.8, 4) is 5.69 Å². The van der Waals surface area contributed by atoms with Crippen LogP contribution in [0.1, 0.15) is 12.8 Å². The molecule has 3 aromatic rings. The van der Waals surface area contributed by atoms with E-state index in [2.05, 4.69) is 53.9 Å². The van der Waals surface area contributed by atoms with Crippen LogP contribution in [0, 0.1) is 5.92 Å². The Labute approximate surface area is 188 Å². The second kappa shape index (κ2) is 10.2. The smallest absolute Gasteiger partial charge is 0.209 e. The maximum Gasteiger partial charge on any atom is 0.209 e. The molecule has 1 fully saturated rings. The molecule has 1 aromatic heterocycles. The van der Waals surface area contributed by atoms with E-state index in [1.165, 1.54) is 12.8 Å². The Morgan fingerprint density at radius 3 is 2.77 bits per heavy atom. The molecule has 1 unspecified atom stereocenters. The van der Waals surface area contributed by atoms with Gasteiger partial charge in [-0.2, -0.15) is 5.10 Å². The lowest BCUT2D eigenvalue weighted by Gasteiger charge is -2.29. The first kappa shape index (κ1) is 21.7. The standard InChI is InChI=1S/C24H31N5OS/c1-27(13-14-28(18-30)17-19-7-6-12-25-16-19)21-10-11-22-23(15-21)29(26-24(22)31-2)20-8-4-3-5-9-20/h3-5,8-11,15,18-19,25H,6-7,12-14,16-17H2,1-2H3. The van der Waals surface area contributed by atoms with Gasteiger partial charge in [0.25, 0.3) is 0 Å². The third kappa shape index (κ3) is 5.05. The number of fused-ring (bicyclic) bond motifs is 1. The van der Waals surface area contributed by atoms with Crippen molar-refractivity contribution in [3.63, 3.8) is 0 Å². The van der Waals surface area contributed by atoms with Crippen LogP contribution in [0.4, 0.5) is 5.69 Å². The van der Waals surface area contributed by atoms with Crippen LogP contribution in [-0.2, 0) is 4.79 Å². The topological polar surface area (TPSA) is 53.4 Å². The number of hydrogen-bond acceptors (Lipinski definition) is 5. The van der Waals surface area contributed by atoms with E-state index in [1.807, 2.05) is 27.8 Å². The van der Waals surface area contributed by atoms with Gasteiger partial charge in [0.05, 0.1) is 11.2 Å². The third-order valence-corrected chi connectivity index (χ3v) is 6.72. The van der Waals surface area contributed by atoms with Gasteiger partial charge >= 0.3 is 0 Å². The highest BCUT2D eigenvalue weighted by atomic mass is 32.2. The monoisotopic (exact) mass is 437 g/mol. The molecule has 1 N–H and O–H groups in total. The number of thioether (sulfide) groups is 1. The average Bonchev–Trinajstić information content (AvgIpc) is 3.20. The Morgan fingerprint density at radius 1 is 1.23 bits per heavy atom. The zero-order chi connectivity index (χ0) is 21.6. The lowest BCUT2D eigenvalue weighted by atomic mass is 9.99.